The summed E-state index contributed by atoms with van der Waals surface area (Å²) in [6.07, 6.45) is 0. The molecule has 0 radical (unpaired) electrons. The summed E-state index contributed by atoms with van der Waals surface area (Å²) in [7, 11) is 0. The van der Waals surface area contributed by atoms with Gasteiger partial charge in [0.15, 0.2) is 11.6 Å². The standard InChI is InChI=1S/C17H14IN3O2S/c1-11-5-4-6-12(9-11)23-10-15(22)19-17-21-20-16(24-17)13-7-2-3-8-14(13)18/h2-9H,10H2,1H3,(H,19,21,22). The maximum atomic E-state index is 12.0. The molecule has 0 spiro atoms. The fourth-order valence-corrected chi connectivity index (χ4v) is 3.65. The minimum absolute atomic E-state index is 0.0682. The van der Waals surface area contributed by atoms with Gasteiger partial charge >= 0.3 is 0 Å². The Morgan fingerprint density at radius 2 is 2.04 bits per heavy atom. The average molecular weight is 451 g/mol. The van der Waals surface area contributed by atoms with Crippen LogP contribution < -0.4 is 10.1 Å². The zero-order chi connectivity index (χ0) is 16.9. The average Bonchev–Trinajstić information content (AvgIpc) is 3.02. The summed E-state index contributed by atoms with van der Waals surface area (Å²) in [6.45, 7) is 1.90. The van der Waals surface area contributed by atoms with Crippen molar-refractivity contribution in [2.75, 3.05) is 11.9 Å². The molecule has 0 unspecified atom stereocenters. The summed E-state index contributed by atoms with van der Waals surface area (Å²) in [5.74, 6) is 0.406. The molecule has 7 heteroatoms. The summed E-state index contributed by atoms with van der Waals surface area (Å²) in [4.78, 5) is 12.0. The number of hydrogen-bond donors (Lipinski definition) is 1. The number of ether oxygens (including phenoxy) is 1. The van der Waals surface area contributed by atoms with E-state index in [9.17, 15) is 4.79 Å². The predicted octanol–water partition coefficient (Wildman–Crippen LogP) is 4.14. The van der Waals surface area contributed by atoms with Gasteiger partial charge in [0.25, 0.3) is 5.91 Å². The Morgan fingerprint density at radius 1 is 1.21 bits per heavy atom. The molecule has 1 heterocycles. The van der Waals surface area contributed by atoms with E-state index in [1.165, 1.54) is 11.3 Å². The van der Waals surface area contributed by atoms with Crippen LogP contribution in [0.2, 0.25) is 0 Å². The molecule has 122 valence electrons. The molecule has 1 amide bonds. The molecule has 24 heavy (non-hydrogen) atoms. The second kappa shape index (κ2) is 7.71. The number of nitrogens with one attached hydrogen (secondary N) is 1. The third-order valence-corrected chi connectivity index (χ3v) is 4.95. The summed E-state index contributed by atoms with van der Waals surface area (Å²) in [5.41, 5.74) is 2.09. The zero-order valence-corrected chi connectivity index (χ0v) is 15.8. The lowest BCUT2D eigenvalue weighted by molar-refractivity contribution is -0.118. The number of aromatic nitrogens is 2. The van der Waals surface area contributed by atoms with E-state index in [-0.39, 0.29) is 12.5 Å². The van der Waals surface area contributed by atoms with Gasteiger partial charge < -0.3 is 4.74 Å². The highest BCUT2D eigenvalue weighted by atomic mass is 127. The number of nitrogens with zero attached hydrogens (tertiary/aromatic N) is 2. The number of hydrogen-bond acceptors (Lipinski definition) is 5. The van der Waals surface area contributed by atoms with Crippen LogP contribution in [0.15, 0.2) is 48.5 Å². The Labute approximate surface area is 157 Å². The van der Waals surface area contributed by atoms with Crippen LogP contribution in [0.1, 0.15) is 5.56 Å². The van der Waals surface area contributed by atoms with Crippen LogP contribution >= 0.6 is 33.9 Å². The number of aryl methyl sites for hydroxylation is 1. The van der Waals surface area contributed by atoms with Gasteiger partial charge in [-0.25, -0.2) is 0 Å². The molecule has 0 aliphatic heterocycles. The monoisotopic (exact) mass is 451 g/mol. The van der Waals surface area contributed by atoms with Crippen molar-refractivity contribution in [1.82, 2.24) is 10.2 Å². The molecule has 5 nitrogen and oxygen atoms in total. The van der Waals surface area contributed by atoms with Gasteiger partial charge in [-0.15, -0.1) is 10.2 Å². The lowest BCUT2D eigenvalue weighted by Crippen LogP contribution is -2.20. The van der Waals surface area contributed by atoms with Gasteiger partial charge in [-0.3, -0.25) is 10.1 Å². The lowest BCUT2D eigenvalue weighted by Gasteiger charge is -2.06. The Kier molecular flexibility index (Phi) is 5.41. The van der Waals surface area contributed by atoms with Crippen molar-refractivity contribution in [1.29, 1.82) is 0 Å². The van der Waals surface area contributed by atoms with E-state index < -0.39 is 0 Å². The van der Waals surface area contributed by atoms with Gasteiger partial charge in [-0.2, -0.15) is 0 Å². The fraction of sp³-hybridized carbons (Fsp3) is 0.118. The molecular weight excluding hydrogens is 437 g/mol. The van der Waals surface area contributed by atoms with Crippen molar-refractivity contribution in [2.45, 2.75) is 6.92 Å². The SMILES string of the molecule is Cc1cccc(OCC(=O)Nc2nnc(-c3ccccc3I)s2)c1. The quantitative estimate of drug-likeness (QED) is 0.593. The lowest BCUT2D eigenvalue weighted by atomic mass is 10.2. The highest BCUT2D eigenvalue weighted by Gasteiger charge is 2.12. The summed E-state index contributed by atoms with van der Waals surface area (Å²) in [5, 5.41) is 12.1. The van der Waals surface area contributed by atoms with E-state index in [2.05, 4.69) is 38.1 Å². The highest BCUT2D eigenvalue weighted by molar-refractivity contribution is 14.1. The number of amides is 1. The van der Waals surface area contributed by atoms with Crippen molar-refractivity contribution >= 4 is 45.0 Å². The van der Waals surface area contributed by atoms with E-state index in [1.54, 1.807) is 0 Å². The van der Waals surface area contributed by atoms with Crippen molar-refractivity contribution in [3.8, 4) is 16.3 Å². The van der Waals surface area contributed by atoms with E-state index in [0.717, 1.165) is 19.7 Å². The van der Waals surface area contributed by atoms with Gasteiger partial charge in [-0.05, 0) is 53.3 Å². The summed E-state index contributed by atoms with van der Waals surface area (Å²) in [6, 6.07) is 15.5. The van der Waals surface area contributed by atoms with E-state index >= 15 is 0 Å². The molecule has 0 aliphatic rings. The van der Waals surface area contributed by atoms with E-state index in [0.29, 0.717) is 10.9 Å². The number of carbonyl (C=O) groups is 1. The molecule has 1 N–H and O–H groups in total. The first kappa shape index (κ1) is 16.8. The first-order valence-electron chi connectivity index (χ1n) is 7.19. The van der Waals surface area contributed by atoms with Crippen LogP contribution in [-0.4, -0.2) is 22.7 Å². The number of benzene rings is 2. The van der Waals surface area contributed by atoms with Crippen molar-refractivity contribution < 1.29 is 9.53 Å². The zero-order valence-electron chi connectivity index (χ0n) is 12.8. The molecule has 1 aromatic heterocycles. The number of anilines is 1. The molecule has 0 fully saturated rings. The largest absolute Gasteiger partial charge is 0.484 e. The third-order valence-electron chi connectivity index (χ3n) is 3.14. The van der Waals surface area contributed by atoms with Crippen molar-refractivity contribution in [3.63, 3.8) is 0 Å². The van der Waals surface area contributed by atoms with E-state index in [4.69, 9.17) is 4.74 Å². The van der Waals surface area contributed by atoms with Crippen LogP contribution in [0.5, 0.6) is 5.75 Å². The molecule has 0 saturated heterocycles. The van der Waals surface area contributed by atoms with Crippen LogP contribution in [0.3, 0.4) is 0 Å². The van der Waals surface area contributed by atoms with Crippen LogP contribution in [0, 0.1) is 10.5 Å². The van der Waals surface area contributed by atoms with Crippen molar-refractivity contribution in [3.05, 3.63) is 57.7 Å². The second-order valence-corrected chi connectivity index (χ2v) is 7.19. The van der Waals surface area contributed by atoms with Gasteiger partial charge in [-0.1, -0.05) is 41.7 Å². The molecular formula is C17H14IN3O2S. The molecule has 3 aromatic rings. The number of halogens is 1. The molecule has 2 aromatic carbocycles. The van der Waals surface area contributed by atoms with E-state index in [1.807, 2.05) is 55.5 Å². The maximum absolute atomic E-state index is 12.0. The highest BCUT2D eigenvalue weighted by Crippen LogP contribution is 2.29. The third kappa shape index (κ3) is 4.30. The Morgan fingerprint density at radius 3 is 2.83 bits per heavy atom. The molecule has 0 bridgehead atoms. The van der Waals surface area contributed by atoms with Gasteiger partial charge in [0.1, 0.15) is 5.75 Å². The van der Waals surface area contributed by atoms with Crippen LogP contribution in [-0.2, 0) is 4.79 Å². The van der Waals surface area contributed by atoms with Crippen LogP contribution in [0.25, 0.3) is 10.6 Å². The Bertz CT molecular complexity index is 866. The van der Waals surface area contributed by atoms with Crippen molar-refractivity contribution in [2.24, 2.45) is 0 Å². The molecule has 0 saturated carbocycles. The Balaban J connectivity index is 1.60. The van der Waals surface area contributed by atoms with Crippen LogP contribution in [0.4, 0.5) is 5.13 Å². The van der Waals surface area contributed by atoms with Gasteiger partial charge in [0.2, 0.25) is 5.13 Å². The maximum Gasteiger partial charge on any atom is 0.264 e. The molecule has 0 atom stereocenters. The normalized spacial score (nSPS) is 10.4. The van der Waals surface area contributed by atoms with Gasteiger partial charge in [0.05, 0.1) is 0 Å². The molecule has 3 rings (SSSR count). The molecule has 0 aliphatic carbocycles. The Hall–Kier alpha value is -2.00. The van der Waals surface area contributed by atoms with Gasteiger partial charge in [0, 0.05) is 9.13 Å². The summed E-state index contributed by atoms with van der Waals surface area (Å²) < 4.78 is 6.56. The number of rotatable bonds is 5. The first-order valence-corrected chi connectivity index (χ1v) is 9.09. The predicted molar refractivity (Wildman–Crippen MR) is 103 cm³/mol. The second-order valence-electron chi connectivity index (χ2n) is 5.05. The smallest absolute Gasteiger partial charge is 0.264 e. The summed E-state index contributed by atoms with van der Waals surface area (Å²) >= 11 is 3.59. The topological polar surface area (TPSA) is 64.1 Å². The fourth-order valence-electron chi connectivity index (χ4n) is 2.03. The minimum Gasteiger partial charge on any atom is -0.484 e. The number of carbonyl (C=O) groups excluding carboxylic acids is 1. The first-order chi connectivity index (χ1) is 11.6. The minimum atomic E-state index is -0.262.